The highest BCUT2D eigenvalue weighted by molar-refractivity contribution is 9.10. The number of nitrogens with one attached hydrogen (secondary N) is 1. The molecule has 0 heterocycles. The third-order valence-electron chi connectivity index (χ3n) is 4.67. The average molecular weight is 337 g/mol. The minimum absolute atomic E-state index is 0.121. The van der Waals surface area contributed by atoms with Crippen molar-refractivity contribution >= 4 is 21.8 Å². The van der Waals surface area contributed by atoms with Gasteiger partial charge in [-0.3, -0.25) is 4.79 Å². The zero-order valence-electron chi connectivity index (χ0n) is 11.6. The van der Waals surface area contributed by atoms with Crippen molar-refractivity contribution in [1.29, 1.82) is 0 Å². The second-order valence-corrected chi connectivity index (χ2v) is 7.12. The molecular formula is C16H21BrN2O. The van der Waals surface area contributed by atoms with E-state index in [-0.39, 0.29) is 17.5 Å². The van der Waals surface area contributed by atoms with E-state index in [0.717, 1.165) is 36.6 Å². The van der Waals surface area contributed by atoms with E-state index in [1.807, 2.05) is 12.1 Å². The maximum Gasteiger partial charge on any atom is 0.221 e. The molecule has 0 bridgehead atoms. The van der Waals surface area contributed by atoms with Gasteiger partial charge in [0.25, 0.3) is 0 Å². The van der Waals surface area contributed by atoms with Crippen molar-refractivity contribution < 1.29 is 4.79 Å². The molecule has 2 atom stereocenters. The largest absolute Gasteiger partial charge is 0.347 e. The Morgan fingerprint density at radius 1 is 1.40 bits per heavy atom. The summed E-state index contributed by atoms with van der Waals surface area (Å²) in [7, 11) is 0. The van der Waals surface area contributed by atoms with Crippen LogP contribution in [-0.2, 0) is 10.3 Å². The molecule has 0 radical (unpaired) electrons. The predicted molar refractivity (Wildman–Crippen MR) is 83.1 cm³/mol. The lowest BCUT2D eigenvalue weighted by Crippen LogP contribution is -2.37. The second kappa shape index (κ2) is 5.49. The number of benzene rings is 1. The summed E-state index contributed by atoms with van der Waals surface area (Å²) >= 11 is 3.50. The molecule has 20 heavy (non-hydrogen) atoms. The van der Waals surface area contributed by atoms with Gasteiger partial charge in [0, 0.05) is 16.9 Å². The van der Waals surface area contributed by atoms with Gasteiger partial charge in [-0.05, 0) is 49.3 Å². The molecule has 3 nitrogen and oxygen atoms in total. The van der Waals surface area contributed by atoms with Crippen LogP contribution in [0.15, 0.2) is 28.7 Å². The number of carbonyl (C=O) groups is 1. The summed E-state index contributed by atoms with van der Waals surface area (Å²) in [6, 6.07) is 8.45. The summed E-state index contributed by atoms with van der Waals surface area (Å²) < 4.78 is 1.06. The van der Waals surface area contributed by atoms with Gasteiger partial charge in [-0.15, -0.1) is 0 Å². The van der Waals surface area contributed by atoms with Gasteiger partial charge in [0.05, 0.1) is 5.54 Å². The van der Waals surface area contributed by atoms with E-state index in [1.54, 1.807) is 0 Å². The van der Waals surface area contributed by atoms with Crippen molar-refractivity contribution in [2.75, 3.05) is 0 Å². The summed E-state index contributed by atoms with van der Waals surface area (Å²) in [5.41, 5.74) is 7.13. The number of rotatable bonds is 4. The van der Waals surface area contributed by atoms with Crippen molar-refractivity contribution in [2.24, 2.45) is 11.7 Å². The zero-order valence-corrected chi connectivity index (χ0v) is 13.2. The Labute approximate surface area is 128 Å². The maximum absolute atomic E-state index is 12.3. The van der Waals surface area contributed by atoms with Crippen LogP contribution in [0.25, 0.3) is 0 Å². The first-order chi connectivity index (χ1) is 9.59. The lowest BCUT2D eigenvalue weighted by Gasteiger charge is -2.21. The van der Waals surface area contributed by atoms with Gasteiger partial charge in [0.1, 0.15) is 0 Å². The molecule has 0 aliphatic heterocycles. The first kappa shape index (κ1) is 14.1. The van der Waals surface area contributed by atoms with Gasteiger partial charge in [0.2, 0.25) is 5.91 Å². The average Bonchev–Trinajstić information content (AvgIpc) is 3.08. The lowest BCUT2D eigenvalue weighted by molar-refractivity contribution is -0.123. The smallest absolute Gasteiger partial charge is 0.221 e. The number of hydrogen-bond acceptors (Lipinski definition) is 2. The highest BCUT2D eigenvalue weighted by atomic mass is 79.9. The third-order valence-corrected chi connectivity index (χ3v) is 5.16. The van der Waals surface area contributed by atoms with Gasteiger partial charge in [0.15, 0.2) is 0 Å². The Morgan fingerprint density at radius 2 is 2.20 bits per heavy atom. The minimum atomic E-state index is -0.121. The van der Waals surface area contributed by atoms with Gasteiger partial charge < -0.3 is 11.1 Å². The highest BCUT2D eigenvalue weighted by Crippen LogP contribution is 2.46. The van der Waals surface area contributed by atoms with E-state index in [1.165, 1.54) is 5.56 Å². The van der Waals surface area contributed by atoms with E-state index >= 15 is 0 Å². The Balaban J connectivity index is 1.63. The molecule has 0 spiro atoms. The molecule has 3 N–H and O–H groups in total. The number of halogens is 1. The van der Waals surface area contributed by atoms with Crippen LogP contribution in [0.1, 0.15) is 44.1 Å². The normalized spacial score (nSPS) is 27.3. The predicted octanol–water partition coefficient (Wildman–Crippen LogP) is 3.07. The zero-order chi connectivity index (χ0) is 14.2. The van der Waals surface area contributed by atoms with Crippen molar-refractivity contribution in [3.8, 4) is 0 Å². The molecule has 2 aliphatic carbocycles. The first-order valence-electron chi connectivity index (χ1n) is 7.42. The van der Waals surface area contributed by atoms with Crippen LogP contribution in [0, 0.1) is 5.92 Å². The molecule has 0 unspecified atom stereocenters. The van der Waals surface area contributed by atoms with Crippen molar-refractivity contribution in [2.45, 2.75) is 50.1 Å². The van der Waals surface area contributed by atoms with E-state index in [4.69, 9.17) is 5.73 Å². The Hall–Kier alpha value is -0.870. The van der Waals surface area contributed by atoms with Crippen LogP contribution in [0.3, 0.4) is 0 Å². The van der Waals surface area contributed by atoms with Gasteiger partial charge in [-0.25, -0.2) is 0 Å². The number of carbonyl (C=O) groups excluding carboxylic acids is 1. The number of hydrogen-bond donors (Lipinski definition) is 2. The monoisotopic (exact) mass is 336 g/mol. The molecule has 1 aromatic carbocycles. The van der Waals surface area contributed by atoms with E-state index in [0.29, 0.717) is 12.3 Å². The summed E-state index contributed by atoms with van der Waals surface area (Å²) in [5.74, 6) is 0.526. The molecule has 0 saturated heterocycles. The fraction of sp³-hybridized carbons (Fsp3) is 0.562. The maximum atomic E-state index is 12.3. The second-order valence-electron chi connectivity index (χ2n) is 6.20. The molecule has 2 aliphatic rings. The summed E-state index contributed by atoms with van der Waals surface area (Å²) in [6.45, 7) is 0. The Morgan fingerprint density at radius 3 is 2.80 bits per heavy atom. The van der Waals surface area contributed by atoms with Crippen LogP contribution in [0.5, 0.6) is 0 Å². The third kappa shape index (κ3) is 2.91. The van der Waals surface area contributed by atoms with Gasteiger partial charge in [-0.1, -0.05) is 34.5 Å². The Kier molecular flexibility index (Phi) is 3.87. The van der Waals surface area contributed by atoms with E-state index in [9.17, 15) is 4.79 Å². The van der Waals surface area contributed by atoms with Crippen LogP contribution in [0.4, 0.5) is 0 Å². The summed E-state index contributed by atoms with van der Waals surface area (Å²) in [6.07, 6.45) is 5.97. The molecule has 4 heteroatoms. The summed E-state index contributed by atoms with van der Waals surface area (Å²) in [5, 5.41) is 3.24. The van der Waals surface area contributed by atoms with Crippen LogP contribution < -0.4 is 11.1 Å². The van der Waals surface area contributed by atoms with Crippen molar-refractivity contribution in [1.82, 2.24) is 5.32 Å². The Bertz CT molecular complexity index is 513. The van der Waals surface area contributed by atoms with Crippen molar-refractivity contribution in [3.05, 3.63) is 34.3 Å². The molecule has 3 rings (SSSR count). The molecular weight excluding hydrogens is 316 g/mol. The quantitative estimate of drug-likeness (QED) is 0.887. The number of amides is 1. The summed E-state index contributed by atoms with van der Waals surface area (Å²) in [4.78, 5) is 12.3. The molecule has 1 aromatic rings. The SMILES string of the molecule is N[C@@H]1CCC[C@H]1CC(=O)NC1(c2cccc(Br)c2)CC1. The van der Waals surface area contributed by atoms with Crippen LogP contribution in [-0.4, -0.2) is 11.9 Å². The van der Waals surface area contributed by atoms with Crippen molar-refractivity contribution in [3.63, 3.8) is 0 Å². The fourth-order valence-electron chi connectivity index (χ4n) is 3.27. The van der Waals surface area contributed by atoms with E-state index < -0.39 is 0 Å². The van der Waals surface area contributed by atoms with Crippen LogP contribution >= 0.6 is 15.9 Å². The molecule has 2 saturated carbocycles. The van der Waals surface area contributed by atoms with Crippen LogP contribution in [0.2, 0.25) is 0 Å². The molecule has 1 amide bonds. The van der Waals surface area contributed by atoms with Gasteiger partial charge in [-0.2, -0.15) is 0 Å². The standard InChI is InChI=1S/C16H21BrN2O/c17-13-5-2-4-12(10-13)16(7-8-16)19-15(20)9-11-3-1-6-14(11)18/h2,4-5,10-11,14H,1,3,6-9,18H2,(H,19,20)/t11-,14+/m0/s1. The lowest BCUT2D eigenvalue weighted by atomic mass is 9.98. The van der Waals surface area contributed by atoms with E-state index in [2.05, 4.69) is 33.4 Å². The minimum Gasteiger partial charge on any atom is -0.347 e. The molecule has 2 fully saturated rings. The number of nitrogens with two attached hydrogens (primary N) is 1. The van der Waals surface area contributed by atoms with Gasteiger partial charge >= 0.3 is 0 Å². The molecule has 0 aromatic heterocycles. The highest BCUT2D eigenvalue weighted by Gasteiger charge is 2.46. The fourth-order valence-corrected chi connectivity index (χ4v) is 3.67. The first-order valence-corrected chi connectivity index (χ1v) is 8.21. The molecule has 108 valence electrons. The topological polar surface area (TPSA) is 55.1 Å².